The minimum Gasteiger partial charge on any atom is -0.321 e. The fourth-order valence-corrected chi connectivity index (χ4v) is 3.22. The van der Waals surface area contributed by atoms with Crippen molar-refractivity contribution < 1.29 is 13.2 Å². The van der Waals surface area contributed by atoms with E-state index in [1.165, 1.54) is 19.2 Å². The number of hydrogen-bond donors (Lipinski definition) is 2. The molecule has 0 aromatic heterocycles. The predicted octanol–water partition coefficient (Wildman–Crippen LogP) is 1.96. The fraction of sp³-hybridized carbons (Fsp3) is 0.0588. The van der Waals surface area contributed by atoms with Crippen LogP contribution in [0.3, 0.4) is 0 Å². The Labute approximate surface area is 139 Å². The molecule has 0 radical (unpaired) electrons. The van der Waals surface area contributed by atoms with Crippen molar-refractivity contribution in [1.29, 1.82) is 5.26 Å². The van der Waals surface area contributed by atoms with Crippen LogP contribution < -0.4 is 10.0 Å². The third kappa shape index (κ3) is 2.80. The van der Waals surface area contributed by atoms with Crippen molar-refractivity contribution in [1.82, 2.24) is 4.72 Å². The zero-order valence-electron chi connectivity index (χ0n) is 12.7. The number of anilines is 1. The molecule has 2 aromatic rings. The average Bonchev–Trinajstić information content (AvgIpc) is 2.90. The number of nitriles is 1. The van der Waals surface area contributed by atoms with E-state index < -0.39 is 10.0 Å². The molecule has 0 atom stereocenters. The summed E-state index contributed by atoms with van der Waals surface area (Å²) in [6.07, 6.45) is 1.64. The molecule has 2 N–H and O–H groups in total. The summed E-state index contributed by atoms with van der Waals surface area (Å²) in [6.45, 7) is 0. The second-order valence-electron chi connectivity index (χ2n) is 5.16. The van der Waals surface area contributed by atoms with Crippen molar-refractivity contribution in [2.75, 3.05) is 12.4 Å². The van der Waals surface area contributed by atoms with E-state index in [9.17, 15) is 13.2 Å². The molecule has 0 bridgehead atoms. The first-order valence-corrected chi connectivity index (χ1v) is 8.54. The van der Waals surface area contributed by atoms with Crippen molar-refractivity contribution in [2.45, 2.75) is 4.90 Å². The Balaban J connectivity index is 2.12. The smallest absolute Gasteiger partial charge is 0.256 e. The number of rotatable bonds is 3. The van der Waals surface area contributed by atoms with Gasteiger partial charge in [-0.25, -0.2) is 13.1 Å². The number of nitrogens with one attached hydrogen (secondary N) is 2. The Morgan fingerprint density at radius 3 is 2.71 bits per heavy atom. The number of hydrogen-bond acceptors (Lipinski definition) is 4. The molecule has 120 valence electrons. The van der Waals surface area contributed by atoms with Crippen LogP contribution in [-0.4, -0.2) is 21.4 Å². The largest absolute Gasteiger partial charge is 0.321 e. The number of fused-ring (bicyclic) bond motifs is 1. The van der Waals surface area contributed by atoms with E-state index in [1.807, 2.05) is 6.07 Å². The Bertz CT molecular complexity index is 1020. The zero-order chi connectivity index (χ0) is 17.3. The van der Waals surface area contributed by atoms with Gasteiger partial charge >= 0.3 is 0 Å². The SMILES string of the molecule is CNS(=O)(=O)c1ccc2c(c1)C(=Cc1cccc(C#N)c1)C(=O)N2. The number of carbonyl (C=O) groups excluding carboxylic acids is 1. The summed E-state index contributed by atoms with van der Waals surface area (Å²) in [7, 11) is -2.27. The van der Waals surface area contributed by atoms with Gasteiger partial charge in [-0.15, -0.1) is 0 Å². The third-order valence-electron chi connectivity index (χ3n) is 3.68. The van der Waals surface area contributed by atoms with E-state index in [0.717, 1.165) is 0 Å². The maximum Gasteiger partial charge on any atom is 0.256 e. The summed E-state index contributed by atoms with van der Waals surface area (Å²) in [4.78, 5) is 12.3. The molecule has 6 nitrogen and oxygen atoms in total. The van der Waals surface area contributed by atoms with E-state index in [4.69, 9.17) is 5.26 Å². The first-order chi connectivity index (χ1) is 11.4. The van der Waals surface area contributed by atoms with Gasteiger partial charge in [-0.3, -0.25) is 4.79 Å². The van der Waals surface area contributed by atoms with Crippen LogP contribution in [0.4, 0.5) is 5.69 Å². The molecule has 1 aliphatic heterocycles. The monoisotopic (exact) mass is 339 g/mol. The Morgan fingerprint density at radius 2 is 2.00 bits per heavy atom. The molecule has 1 aliphatic rings. The second-order valence-corrected chi connectivity index (χ2v) is 7.05. The zero-order valence-corrected chi connectivity index (χ0v) is 13.5. The lowest BCUT2D eigenvalue weighted by molar-refractivity contribution is -0.110. The molecule has 3 rings (SSSR count). The summed E-state index contributed by atoms with van der Waals surface area (Å²) in [5.74, 6) is -0.314. The van der Waals surface area contributed by atoms with Crippen molar-refractivity contribution in [3.05, 3.63) is 59.2 Å². The van der Waals surface area contributed by atoms with Crippen LogP contribution in [0.2, 0.25) is 0 Å². The Morgan fingerprint density at radius 1 is 1.21 bits per heavy atom. The normalized spacial score (nSPS) is 15.0. The van der Waals surface area contributed by atoms with Gasteiger partial charge in [-0.2, -0.15) is 5.26 Å². The van der Waals surface area contributed by atoms with Crippen LogP contribution in [0.5, 0.6) is 0 Å². The van der Waals surface area contributed by atoms with Crippen LogP contribution >= 0.6 is 0 Å². The summed E-state index contributed by atoms with van der Waals surface area (Å²) in [5.41, 5.74) is 2.59. The van der Waals surface area contributed by atoms with E-state index in [1.54, 1.807) is 36.4 Å². The molecule has 1 amide bonds. The average molecular weight is 339 g/mol. The Hall–Kier alpha value is -2.95. The molecule has 24 heavy (non-hydrogen) atoms. The van der Waals surface area contributed by atoms with Gasteiger partial charge in [0.1, 0.15) is 0 Å². The van der Waals surface area contributed by atoms with Crippen LogP contribution in [0.1, 0.15) is 16.7 Å². The van der Waals surface area contributed by atoms with E-state index in [0.29, 0.717) is 28.0 Å². The fourth-order valence-electron chi connectivity index (χ4n) is 2.46. The van der Waals surface area contributed by atoms with Crippen molar-refractivity contribution >= 4 is 33.3 Å². The molecular weight excluding hydrogens is 326 g/mol. The van der Waals surface area contributed by atoms with Crippen LogP contribution in [0.15, 0.2) is 47.4 Å². The summed E-state index contributed by atoms with van der Waals surface area (Å²) >= 11 is 0. The van der Waals surface area contributed by atoms with Gasteiger partial charge < -0.3 is 5.32 Å². The summed E-state index contributed by atoms with van der Waals surface area (Å²) in [6, 6.07) is 13.3. The first kappa shape index (κ1) is 15.9. The molecule has 1 heterocycles. The van der Waals surface area contributed by atoms with Crippen molar-refractivity contribution in [3.8, 4) is 6.07 Å². The van der Waals surface area contributed by atoms with Crippen LogP contribution in [-0.2, 0) is 14.8 Å². The number of amides is 1. The minimum absolute atomic E-state index is 0.0805. The molecular formula is C17H13N3O3S. The Kier molecular flexibility index (Phi) is 3.93. The molecule has 0 aliphatic carbocycles. The van der Waals surface area contributed by atoms with Crippen LogP contribution in [0, 0.1) is 11.3 Å². The third-order valence-corrected chi connectivity index (χ3v) is 5.09. The van der Waals surface area contributed by atoms with E-state index in [2.05, 4.69) is 10.0 Å². The number of nitrogens with zero attached hydrogens (tertiary/aromatic N) is 1. The maximum atomic E-state index is 12.2. The summed E-state index contributed by atoms with van der Waals surface area (Å²) in [5, 5.41) is 11.7. The van der Waals surface area contributed by atoms with Gasteiger partial charge in [0.15, 0.2) is 0 Å². The predicted molar refractivity (Wildman–Crippen MR) is 90.3 cm³/mol. The minimum atomic E-state index is -3.60. The second kappa shape index (κ2) is 5.92. The first-order valence-electron chi connectivity index (χ1n) is 7.06. The topological polar surface area (TPSA) is 99.1 Å². The number of sulfonamides is 1. The quantitative estimate of drug-likeness (QED) is 0.835. The lowest BCUT2D eigenvalue weighted by Crippen LogP contribution is -2.18. The molecule has 0 fully saturated rings. The van der Waals surface area contributed by atoms with Crippen LogP contribution in [0.25, 0.3) is 11.6 Å². The highest BCUT2D eigenvalue weighted by atomic mass is 32.2. The number of carbonyl (C=O) groups is 1. The van der Waals surface area contributed by atoms with Gasteiger partial charge in [0.25, 0.3) is 5.91 Å². The van der Waals surface area contributed by atoms with Crippen molar-refractivity contribution in [2.24, 2.45) is 0 Å². The molecule has 0 spiro atoms. The summed E-state index contributed by atoms with van der Waals surface area (Å²) < 4.78 is 26.2. The molecule has 0 saturated carbocycles. The highest BCUT2D eigenvalue weighted by molar-refractivity contribution is 7.89. The molecule has 2 aromatic carbocycles. The molecule has 7 heteroatoms. The van der Waals surface area contributed by atoms with Gasteiger partial charge in [-0.1, -0.05) is 12.1 Å². The van der Waals surface area contributed by atoms with E-state index in [-0.39, 0.29) is 10.8 Å². The highest BCUT2D eigenvalue weighted by Crippen LogP contribution is 2.34. The van der Waals surface area contributed by atoms with Gasteiger partial charge in [0.2, 0.25) is 10.0 Å². The lowest BCUT2D eigenvalue weighted by Gasteiger charge is -2.05. The molecule has 0 saturated heterocycles. The van der Waals surface area contributed by atoms with E-state index >= 15 is 0 Å². The molecule has 0 unspecified atom stereocenters. The van der Waals surface area contributed by atoms with Gasteiger partial charge in [-0.05, 0) is 49.0 Å². The lowest BCUT2D eigenvalue weighted by atomic mass is 10.0. The standard InChI is InChI=1S/C17H13N3O3S/c1-19-24(22,23)13-5-6-16-14(9-13)15(17(21)20-16)8-11-3-2-4-12(7-11)10-18/h2-9,19H,1H3,(H,20,21). The van der Waals surface area contributed by atoms with Gasteiger partial charge in [0, 0.05) is 16.8 Å². The maximum absolute atomic E-state index is 12.2. The highest BCUT2D eigenvalue weighted by Gasteiger charge is 2.26. The number of benzene rings is 2. The van der Waals surface area contributed by atoms with Gasteiger partial charge in [0.05, 0.1) is 16.5 Å². The van der Waals surface area contributed by atoms with Crippen molar-refractivity contribution in [3.63, 3.8) is 0 Å².